The molecule has 2 aromatic rings. The zero-order chi connectivity index (χ0) is 18.7. The lowest BCUT2D eigenvalue weighted by Gasteiger charge is -2.39. The van der Waals surface area contributed by atoms with Gasteiger partial charge in [-0.25, -0.2) is 0 Å². The molecule has 0 saturated carbocycles. The molecule has 1 heterocycles. The van der Waals surface area contributed by atoms with Gasteiger partial charge < -0.3 is 9.84 Å². The van der Waals surface area contributed by atoms with Crippen LogP contribution >= 0.6 is 0 Å². The lowest BCUT2D eigenvalue weighted by Crippen LogP contribution is -2.45. The first-order valence-electron chi connectivity index (χ1n) is 8.74. The van der Waals surface area contributed by atoms with Crippen LogP contribution in [0.5, 0.6) is 5.75 Å². The SMILES string of the molecule is COc1cccc(C2(O)CCCN(Cc3ccc(C)c([N+](=O)[O-])c3)C2)c1. The summed E-state index contributed by atoms with van der Waals surface area (Å²) in [4.78, 5) is 13.0. The normalized spacial score (nSPS) is 20.7. The first-order chi connectivity index (χ1) is 12.4. The van der Waals surface area contributed by atoms with Crippen LogP contribution in [-0.4, -0.2) is 35.1 Å². The van der Waals surface area contributed by atoms with Crippen LogP contribution in [0.25, 0.3) is 0 Å². The highest BCUT2D eigenvalue weighted by Gasteiger charge is 2.35. The molecule has 1 fully saturated rings. The van der Waals surface area contributed by atoms with Crippen LogP contribution in [0.15, 0.2) is 42.5 Å². The Kier molecular flexibility index (Phi) is 5.25. The van der Waals surface area contributed by atoms with Crippen LogP contribution in [0.3, 0.4) is 0 Å². The molecule has 6 heteroatoms. The molecular weight excluding hydrogens is 332 g/mol. The van der Waals surface area contributed by atoms with Crippen molar-refractivity contribution < 1.29 is 14.8 Å². The molecule has 138 valence electrons. The van der Waals surface area contributed by atoms with Crippen molar-refractivity contribution >= 4 is 5.69 Å². The van der Waals surface area contributed by atoms with E-state index in [1.807, 2.05) is 30.3 Å². The average molecular weight is 356 g/mol. The summed E-state index contributed by atoms with van der Waals surface area (Å²) < 4.78 is 5.27. The number of hydrogen-bond donors (Lipinski definition) is 1. The van der Waals surface area contributed by atoms with E-state index in [1.165, 1.54) is 0 Å². The minimum Gasteiger partial charge on any atom is -0.497 e. The van der Waals surface area contributed by atoms with Gasteiger partial charge in [0.2, 0.25) is 0 Å². The van der Waals surface area contributed by atoms with Crippen molar-refractivity contribution in [3.8, 4) is 5.75 Å². The molecule has 0 aromatic heterocycles. The van der Waals surface area contributed by atoms with E-state index in [2.05, 4.69) is 4.90 Å². The molecule has 0 radical (unpaired) electrons. The van der Waals surface area contributed by atoms with E-state index in [-0.39, 0.29) is 10.6 Å². The Balaban J connectivity index is 1.78. The minimum atomic E-state index is -0.941. The van der Waals surface area contributed by atoms with Gasteiger partial charge in [0.1, 0.15) is 11.4 Å². The summed E-state index contributed by atoms with van der Waals surface area (Å²) in [7, 11) is 1.61. The molecule has 1 atom stereocenters. The summed E-state index contributed by atoms with van der Waals surface area (Å²) in [6, 6.07) is 12.9. The van der Waals surface area contributed by atoms with Gasteiger partial charge in [0.05, 0.1) is 12.0 Å². The third-order valence-electron chi connectivity index (χ3n) is 5.03. The number of nitrogens with zero attached hydrogens (tertiary/aromatic N) is 2. The Morgan fingerprint density at radius 3 is 2.85 bits per heavy atom. The van der Waals surface area contributed by atoms with Crippen molar-refractivity contribution in [2.75, 3.05) is 20.2 Å². The van der Waals surface area contributed by atoms with Crippen LogP contribution in [0.4, 0.5) is 5.69 Å². The standard InChI is InChI=1S/C20H24N2O4/c1-15-7-8-16(11-19(15)22(24)25)13-21-10-4-9-20(23,14-21)17-5-3-6-18(12-17)26-2/h3,5-8,11-12,23H,4,9-10,13-14H2,1-2H3. The molecule has 1 unspecified atom stereocenters. The minimum absolute atomic E-state index is 0.141. The largest absolute Gasteiger partial charge is 0.497 e. The fourth-order valence-corrected chi connectivity index (χ4v) is 3.61. The highest BCUT2D eigenvalue weighted by molar-refractivity contribution is 5.42. The second-order valence-electron chi connectivity index (χ2n) is 6.96. The van der Waals surface area contributed by atoms with E-state index in [1.54, 1.807) is 26.2 Å². The Hall–Kier alpha value is -2.44. The number of benzene rings is 2. The summed E-state index contributed by atoms with van der Waals surface area (Å²) >= 11 is 0. The Bertz CT molecular complexity index is 808. The van der Waals surface area contributed by atoms with Crippen molar-refractivity contribution in [3.63, 3.8) is 0 Å². The number of aliphatic hydroxyl groups is 1. The van der Waals surface area contributed by atoms with E-state index in [4.69, 9.17) is 4.74 Å². The maximum Gasteiger partial charge on any atom is 0.272 e. The summed E-state index contributed by atoms with van der Waals surface area (Å²) in [5.41, 5.74) is 1.59. The van der Waals surface area contributed by atoms with Gasteiger partial charge in [-0.1, -0.05) is 24.3 Å². The zero-order valence-electron chi connectivity index (χ0n) is 15.1. The smallest absolute Gasteiger partial charge is 0.272 e. The number of hydrogen-bond acceptors (Lipinski definition) is 5. The first-order valence-corrected chi connectivity index (χ1v) is 8.74. The molecule has 1 N–H and O–H groups in total. The van der Waals surface area contributed by atoms with Crippen molar-refractivity contribution in [2.45, 2.75) is 31.9 Å². The van der Waals surface area contributed by atoms with E-state index in [0.717, 1.165) is 29.8 Å². The Morgan fingerprint density at radius 1 is 1.31 bits per heavy atom. The first kappa shape index (κ1) is 18.4. The fraction of sp³-hybridized carbons (Fsp3) is 0.400. The van der Waals surface area contributed by atoms with Gasteiger partial charge in [-0.2, -0.15) is 0 Å². The predicted molar refractivity (Wildman–Crippen MR) is 99.2 cm³/mol. The van der Waals surface area contributed by atoms with Crippen molar-refractivity contribution in [2.24, 2.45) is 0 Å². The molecule has 1 saturated heterocycles. The molecule has 0 aliphatic carbocycles. The molecule has 26 heavy (non-hydrogen) atoms. The number of methoxy groups -OCH3 is 1. The lowest BCUT2D eigenvalue weighted by molar-refractivity contribution is -0.385. The second-order valence-corrected chi connectivity index (χ2v) is 6.96. The molecule has 0 bridgehead atoms. The molecule has 1 aliphatic rings. The highest BCUT2D eigenvalue weighted by atomic mass is 16.6. The number of rotatable bonds is 5. The van der Waals surface area contributed by atoms with Crippen LogP contribution in [0.1, 0.15) is 29.5 Å². The molecule has 6 nitrogen and oxygen atoms in total. The monoisotopic (exact) mass is 356 g/mol. The summed E-state index contributed by atoms with van der Waals surface area (Å²) in [5, 5.41) is 22.3. The van der Waals surface area contributed by atoms with Crippen LogP contribution in [-0.2, 0) is 12.1 Å². The van der Waals surface area contributed by atoms with Gasteiger partial charge in [-0.15, -0.1) is 0 Å². The third-order valence-corrected chi connectivity index (χ3v) is 5.03. The van der Waals surface area contributed by atoms with E-state index < -0.39 is 5.60 Å². The van der Waals surface area contributed by atoms with Gasteiger partial charge in [0.15, 0.2) is 0 Å². The van der Waals surface area contributed by atoms with Gasteiger partial charge in [-0.3, -0.25) is 15.0 Å². The zero-order valence-corrected chi connectivity index (χ0v) is 15.1. The van der Waals surface area contributed by atoms with Crippen molar-refractivity contribution in [3.05, 3.63) is 69.3 Å². The number of likely N-dealkylation sites (tertiary alicyclic amines) is 1. The second kappa shape index (κ2) is 7.43. The maximum absolute atomic E-state index is 11.2. The molecule has 0 spiro atoms. The molecule has 0 amide bonds. The maximum atomic E-state index is 11.2. The van der Waals surface area contributed by atoms with Gasteiger partial charge >= 0.3 is 0 Å². The topological polar surface area (TPSA) is 75.8 Å². The molecule has 1 aliphatic heterocycles. The van der Waals surface area contributed by atoms with Crippen LogP contribution < -0.4 is 4.74 Å². The fourth-order valence-electron chi connectivity index (χ4n) is 3.61. The van der Waals surface area contributed by atoms with E-state index in [9.17, 15) is 15.2 Å². The lowest BCUT2D eigenvalue weighted by atomic mass is 9.85. The Labute approximate surface area is 153 Å². The average Bonchev–Trinajstić information content (AvgIpc) is 2.63. The molecular formula is C20H24N2O4. The van der Waals surface area contributed by atoms with E-state index >= 15 is 0 Å². The number of nitro benzene ring substituents is 1. The van der Waals surface area contributed by atoms with Gasteiger partial charge in [0, 0.05) is 24.7 Å². The Morgan fingerprint density at radius 2 is 2.12 bits per heavy atom. The predicted octanol–water partition coefficient (Wildman–Crippen LogP) is 3.40. The molecule has 2 aromatic carbocycles. The molecule has 3 rings (SSSR count). The van der Waals surface area contributed by atoms with Crippen molar-refractivity contribution in [1.82, 2.24) is 4.90 Å². The van der Waals surface area contributed by atoms with Crippen LogP contribution in [0, 0.1) is 17.0 Å². The summed E-state index contributed by atoms with van der Waals surface area (Å²) in [5.74, 6) is 0.724. The van der Waals surface area contributed by atoms with Gasteiger partial charge in [0.25, 0.3) is 5.69 Å². The highest BCUT2D eigenvalue weighted by Crippen LogP contribution is 2.34. The van der Waals surface area contributed by atoms with Gasteiger partial charge in [-0.05, 0) is 49.6 Å². The number of piperidine rings is 1. The third kappa shape index (κ3) is 3.86. The van der Waals surface area contributed by atoms with E-state index in [0.29, 0.717) is 25.1 Å². The number of β-amino-alcohol motifs (C(OH)–C–C–N with tert-alkyl or cyclic N) is 1. The van der Waals surface area contributed by atoms with Crippen LogP contribution in [0.2, 0.25) is 0 Å². The number of nitro groups is 1. The summed E-state index contributed by atoms with van der Waals surface area (Å²) in [6.07, 6.45) is 1.55. The summed E-state index contributed by atoms with van der Waals surface area (Å²) in [6.45, 7) is 3.66. The van der Waals surface area contributed by atoms with Crippen molar-refractivity contribution in [1.29, 1.82) is 0 Å². The number of aryl methyl sites for hydroxylation is 1. The quantitative estimate of drug-likeness (QED) is 0.656. The number of ether oxygens (including phenoxy) is 1.